The quantitative estimate of drug-likeness (QED) is 0.343. The largest absolute Gasteiger partial charge is 0.416 e. The van der Waals surface area contributed by atoms with E-state index in [1.165, 1.54) is 30.3 Å². The fraction of sp³-hybridized carbons (Fsp3) is 0.364. The van der Waals surface area contributed by atoms with Crippen molar-refractivity contribution < 1.29 is 13.2 Å². The smallest absolute Gasteiger partial charge is 0.274 e. The molecule has 1 aliphatic rings. The van der Waals surface area contributed by atoms with E-state index in [1.54, 1.807) is 18.2 Å². The summed E-state index contributed by atoms with van der Waals surface area (Å²) in [4.78, 5) is 0. The molecule has 1 heterocycles. The maximum atomic E-state index is 13.4. The average Bonchev–Trinajstić information content (AvgIpc) is 3.18. The van der Waals surface area contributed by atoms with Gasteiger partial charge in [-0.2, -0.15) is 13.2 Å². The van der Waals surface area contributed by atoms with E-state index >= 15 is 0 Å². The van der Waals surface area contributed by atoms with Crippen LogP contribution >= 0.6 is 35.0 Å². The number of nitrogens with zero attached hydrogens (tertiary/aromatic N) is 3. The normalized spacial score (nSPS) is 15.4. The summed E-state index contributed by atoms with van der Waals surface area (Å²) in [5, 5.41) is 10.2. The van der Waals surface area contributed by atoms with Crippen molar-refractivity contribution >= 4 is 35.0 Å². The summed E-state index contributed by atoms with van der Waals surface area (Å²) < 4.78 is 42.0. The van der Waals surface area contributed by atoms with Gasteiger partial charge < -0.3 is 0 Å². The monoisotopic (exact) mass is 485 g/mol. The molecule has 164 valence electrons. The SMILES string of the molecule is FC(F)(F)c1ccccc1CSc1nnc(C2CCCCC2)n1-c1ccc(Cl)c(Cl)c1. The molecule has 0 unspecified atom stereocenters. The molecule has 4 rings (SSSR count). The van der Waals surface area contributed by atoms with E-state index in [0.717, 1.165) is 43.3 Å². The Labute approximate surface area is 193 Å². The van der Waals surface area contributed by atoms with Gasteiger partial charge in [-0.05, 0) is 42.7 Å². The molecule has 1 saturated carbocycles. The highest BCUT2D eigenvalue weighted by Crippen LogP contribution is 2.38. The van der Waals surface area contributed by atoms with Gasteiger partial charge in [0.05, 0.1) is 21.3 Å². The van der Waals surface area contributed by atoms with Crippen LogP contribution in [0.1, 0.15) is 55.0 Å². The van der Waals surface area contributed by atoms with Crippen molar-refractivity contribution in [3.8, 4) is 5.69 Å². The number of rotatable bonds is 5. The van der Waals surface area contributed by atoms with Gasteiger partial charge >= 0.3 is 6.18 Å². The minimum absolute atomic E-state index is 0.125. The van der Waals surface area contributed by atoms with E-state index < -0.39 is 11.7 Å². The zero-order valence-corrected chi connectivity index (χ0v) is 18.8. The van der Waals surface area contributed by atoms with Crippen molar-refractivity contribution in [2.24, 2.45) is 0 Å². The second-order valence-electron chi connectivity index (χ2n) is 7.55. The van der Waals surface area contributed by atoms with Crippen molar-refractivity contribution in [3.63, 3.8) is 0 Å². The number of halogens is 5. The van der Waals surface area contributed by atoms with Gasteiger partial charge in [0, 0.05) is 11.7 Å². The predicted molar refractivity (Wildman–Crippen MR) is 118 cm³/mol. The molecule has 1 fully saturated rings. The summed E-state index contributed by atoms with van der Waals surface area (Å²) in [5.41, 5.74) is 0.338. The Morgan fingerprint density at radius 2 is 1.71 bits per heavy atom. The van der Waals surface area contributed by atoms with Gasteiger partial charge in [0.2, 0.25) is 0 Å². The number of benzene rings is 2. The second-order valence-corrected chi connectivity index (χ2v) is 9.31. The molecule has 3 aromatic rings. The highest BCUT2D eigenvalue weighted by atomic mass is 35.5. The predicted octanol–water partition coefficient (Wildman–Crippen LogP) is 7.93. The number of aromatic nitrogens is 3. The third kappa shape index (κ3) is 5.04. The molecular weight excluding hydrogens is 466 g/mol. The molecule has 0 radical (unpaired) electrons. The highest BCUT2D eigenvalue weighted by molar-refractivity contribution is 7.98. The molecule has 1 aromatic heterocycles. The van der Waals surface area contributed by atoms with E-state index in [1.807, 2.05) is 10.6 Å². The third-order valence-electron chi connectivity index (χ3n) is 5.47. The maximum absolute atomic E-state index is 13.4. The molecular formula is C22H20Cl2F3N3S. The Balaban J connectivity index is 1.70. The van der Waals surface area contributed by atoms with Crippen molar-refractivity contribution in [2.45, 2.75) is 55.1 Å². The average molecular weight is 486 g/mol. The minimum Gasteiger partial charge on any atom is -0.274 e. The Morgan fingerprint density at radius 3 is 2.42 bits per heavy atom. The van der Waals surface area contributed by atoms with E-state index in [4.69, 9.17) is 23.2 Å². The van der Waals surface area contributed by atoms with Gasteiger partial charge in [-0.1, -0.05) is 72.4 Å². The Kier molecular flexibility index (Phi) is 6.84. The molecule has 0 saturated heterocycles. The molecule has 0 amide bonds. The summed E-state index contributed by atoms with van der Waals surface area (Å²) in [6.45, 7) is 0. The van der Waals surface area contributed by atoms with E-state index in [2.05, 4.69) is 10.2 Å². The standard InChI is InChI=1S/C22H20Cl2F3N3S/c23-18-11-10-16(12-19(18)24)30-20(14-6-2-1-3-7-14)28-29-21(30)31-13-15-8-4-5-9-17(15)22(25,26)27/h4-5,8-12,14H,1-3,6-7,13H2. The molecule has 3 nitrogen and oxygen atoms in total. The Morgan fingerprint density at radius 1 is 0.968 bits per heavy atom. The summed E-state index contributed by atoms with van der Waals surface area (Å²) in [7, 11) is 0. The van der Waals surface area contributed by atoms with E-state index in [-0.39, 0.29) is 17.2 Å². The van der Waals surface area contributed by atoms with Crippen molar-refractivity contribution in [1.29, 1.82) is 0 Å². The maximum Gasteiger partial charge on any atom is 0.416 e. The van der Waals surface area contributed by atoms with Crippen LogP contribution < -0.4 is 0 Å². The van der Waals surface area contributed by atoms with Crippen molar-refractivity contribution in [2.75, 3.05) is 0 Å². The van der Waals surface area contributed by atoms with Crippen LogP contribution in [-0.4, -0.2) is 14.8 Å². The molecule has 0 N–H and O–H groups in total. The van der Waals surface area contributed by atoms with Gasteiger partial charge in [0.25, 0.3) is 0 Å². The molecule has 31 heavy (non-hydrogen) atoms. The molecule has 9 heteroatoms. The number of hydrogen-bond acceptors (Lipinski definition) is 3. The lowest BCUT2D eigenvalue weighted by Gasteiger charge is -2.22. The molecule has 0 aliphatic heterocycles. The Hall–Kier alpha value is -1.70. The topological polar surface area (TPSA) is 30.7 Å². The first-order valence-corrected chi connectivity index (χ1v) is 11.8. The highest BCUT2D eigenvalue weighted by Gasteiger charge is 2.33. The summed E-state index contributed by atoms with van der Waals surface area (Å²) in [6, 6.07) is 10.9. The van der Waals surface area contributed by atoms with Crippen LogP contribution in [-0.2, 0) is 11.9 Å². The Bertz CT molecular complexity index is 1060. The zero-order valence-electron chi connectivity index (χ0n) is 16.5. The van der Waals surface area contributed by atoms with E-state index in [9.17, 15) is 13.2 Å². The lowest BCUT2D eigenvalue weighted by Crippen LogP contribution is -2.12. The lowest BCUT2D eigenvalue weighted by atomic mass is 9.88. The van der Waals surface area contributed by atoms with Crippen LogP contribution in [0.4, 0.5) is 13.2 Å². The number of thioether (sulfide) groups is 1. The second kappa shape index (κ2) is 9.43. The first-order valence-electron chi connectivity index (χ1n) is 10.0. The van der Waals surface area contributed by atoms with Gasteiger partial charge in [0.1, 0.15) is 5.82 Å². The van der Waals surface area contributed by atoms with Crippen LogP contribution in [0.3, 0.4) is 0 Å². The molecule has 0 atom stereocenters. The van der Waals surface area contributed by atoms with Crippen LogP contribution in [0, 0.1) is 0 Å². The fourth-order valence-corrected chi connectivity index (χ4v) is 5.19. The van der Waals surface area contributed by atoms with Gasteiger partial charge in [-0.15, -0.1) is 10.2 Å². The van der Waals surface area contributed by atoms with Crippen LogP contribution in [0.25, 0.3) is 5.69 Å². The fourth-order valence-electron chi connectivity index (χ4n) is 3.93. The molecule has 0 spiro atoms. The summed E-state index contributed by atoms with van der Waals surface area (Å²) >= 11 is 13.6. The van der Waals surface area contributed by atoms with Crippen LogP contribution in [0.5, 0.6) is 0 Å². The molecule has 1 aliphatic carbocycles. The number of hydrogen-bond donors (Lipinski definition) is 0. The zero-order chi connectivity index (χ0) is 22.0. The van der Waals surface area contributed by atoms with Crippen molar-refractivity contribution in [1.82, 2.24) is 14.8 Å². The first-order chi connectivity index (χ1) is 14.8. The van der Waals surface area contributed by atoms with E-state index in [0.29, 0.717) is 15.2 Å². The van der Waals surface area contributed by atoms with Crippen molar-refractivity contribution in [3.05, 3.63) is 69.5 Å². The van der Waals surface area contributed by atoms with Crippen LogP contribution in [0.15, 0.2) is 47.6 Å². The first kappa shape index (κ1) is 22.5. The minimum atomic E-state index is -4.40. The summed E-state index contributed by atoms with van der Waals surface area (Å²) in [6.07, 6.45) is 1.08. The lowest BCUT2D eigenvalue weighted by molar-refractivity contribution is -0.138. The van der Waals surface area contributed by atoms with Gasteiger partial charge in [-0.3, -0.25) is 4.57 Å². The molecule has 2 aromatic carbocycles. The molecule has 0 bridgehead atoms. The third-order valence-corrected chi connectivity index (χ3v) is 7.19. The van der Waals surface area contributed by atoms with Gasteiger partial charge in [0.15, 0.2) is 5.16 Å². The van der Waals surface area contributed by atoms with Gasteiger partial charge in [-0.25, -0.2) is 0 Å². The summed E-state index contributed by atoms with van der Waals surface area (Å²) in [5.74, 6) is 1.21. The van der Waals surface area contributed by atoms with Crippen LogP contribution in [0.2, 0.25) is 10.0 Å². The number of alkyl halides is 3.